The van der Waals surface area contributed by atoms with Gasteiger partial charge in [0.2, 0.25) is 0 Å². The third-order valence-corrected chi connectivity index (χ3v) is 2.94. The van der Waals surface area contributed by atoms with E-state index in [9.17, 15) is 0 Å². The van der Waals surface area contributed by atoms with E-state index in [0.717, 1.165) is 43.6 Å². The van der Waals surface area contributed by atoms with Gasteiger partial charge in [0.1, 0.15) is 5.76 Å². The summed E-state index contributed by atoms with van der Waals surface area (Å²) in [5.41, 5.74) is 0. The van der Waals surface area contributed by atoms with Crippen molar-refractivity contribution in [1.82, 2.24) is 10.2 Å². The van der Waals surface area contributed by atoms with Gasteiger partial charge in [-0.2, -0.15) is 0 Å². The Morgan fingerprint density at radius 2 is 2.33 bits per heavy atom. The topological polar surface area (TPSA) is 37.6 Å². The van der Waals surface area contributed by atoms with Crippen molar-refractivity contribution in [2.24, 2.45) is 0 Å². The molecule has 1 heterocycles. The van der Waals surface area contributed by atoms with Gasteiger partial charge in [0.15, 0.2) is 5.11 Å². The molecule has 0 aliphatic carbocycles. The zero-order valence-corrected chi connectivity index (χ0v) is 12.0. The normalized spacial score (nSPS) is 10.3. The number of nitrogens with one attached hydrogen (secondary N) is 1. The Bertz CT molecular complexity index is 328. The number of hydrogen-bond donors (Lipinski definition) is 1. The Labute approximate surface area is 114 Å². The van der Waals surface area contributed by atoms with Crippen LogP contribution < -0.4 is 5.32 Å². The summed E-state index contributed by atoms with van der Waals surface area (Å²) in [5, 5.41) is 4.01. The van der Waals surface area contributed by atoms with Gasteiger partial charge in [-0.15, -0.1) is 0 Å². The van der Waals surface area contributed by atoms with Crippen molar-refractivity contribution in [1.29, 1.82) is 0 Å². The lowest BCUT2D eigenvalue weighted by atomic mass is 10.4. The van der Waals surface area contributed by atoms with E-state index in [-0.39, 0.29) is 0 Å². The lowest BCUT2D eigenvalue weighted by molar-refractivity contribution is 0.145. The third-order valence-electron chi connectivity index (χ3n) is 2.54. The molecule has 1 aromatic heterocycles. The lowest BCUT2D eigenvalue weighted by Crippen LogP contribution is -2.39. The molecule has 0 aromatic carbocycles. The van der Waals surface area contributed by atoms with E-state index in [2.05, 4.69) is 17.1 Å². The molecule has 18 heavy (non-hydrogen) atoms. The van der Waals surface area contributed by atoms with E-state index in [0.29, 0.717) is 6.54 Å². The van der Waals surface area contributed by atoms with Crippen LogP contribution in [0.3, 0.4) is 0 Å². The number of hydrogen-bond acceptors (Lipinski definition) is 3. The van der Waals surface area contributed by atoms with Crippen LogP contribution in [0.2, 0.25) is 0 Å². The summed E-state index contributed by atoms with van der Waals surface area (Å²) in [7, 11) is 0. The van der Waals surface area contributed by atoms with Crippen LogP contribution in [0.5, 0.6) is 0 Å². The Kier molecular flexibility index (Phi) is 7.44. The van der Waals surface area contributed by atoms with Gasteiger partial charge >= 0.3 is 0 Å². The van der Waals surface area contributed by atoms with Gasteiger partial charge in [0, 0.05) is 26.3 Å². The highest BCUT2D eigenvalue weighted by Gasteiger charge is 2.08. The highest BCUT2D eigenvalue weighted by molar-refractivity contribution is 7.80. The van der Waals surface area contributed by atoms with E-state index in [1.807, 2.05) is 19.1 Å². The Morgan fingerprint density at radius 3 is 2.94 bits per heavy atom. The van der Waals surface area contributed by atoms with Gasteiger partial charge in [-0.05, 0) is 44.6 Å². The summed E-state index contributed by atoms with van der Waals surface area (Å²) in [4.78, 5) is 2.08. The Morgan fingerprint density at radius 1 is 1.50 bits per heavy atom. The second-order valence-electron chi connectivity index (χ2n) is 3.88. The minimum atomic E-state index is 0.709. The highest BCUT2D eigenvalue weighted by Crippen LogP contribution is 2.05. The zero-order chi connectivity index (χ0) is 13.2. The van der Waals surface area contributed by atoms with Crippen LogP contribution in [0.4, 0.5) is 0 Å². The fourth-order valence-corrected chi connectivity index (χ4v) is 1.84. The first-order chi connectivity index (χ1) is 8.77. The van der Waals surface area contributed by atoms with Gasteiger partial charge in [-0.25, -0.2) is 0 Å². The molecule has 0 aliphatic heterocycles. The van der Waals surface area contributed by atoms with Crippen LogP contribution in [0.15, 0.2) is 22.8 Å². The highest BCUT2D eigenvalue weighted by atomic mass is 32.1. The van der Waals surface area contributed by atoms with Crippen LogP contribution in [0, 0.1) is 0 Å². The average Bonchev–Trinajstić information content (AvgIpc) is 2.88. The predicted octanol–water partition coefficient (Wildman–Crippen LogP) is 2.40. The lowest BCUT2D eigenvalue weighted by Gasteiger charge is -2.23. The summed E-state index contributed by atoms with van der Waals surface area (Å²) in [6.07, 6.45) is 2.65. The van der Waals surface area contributed by atoms with Gasteiger partial charge < -0.3 is 19.4 Å². The molecule has 0 unspecified atom stereocenters. The molecule has 0 atom stereocenters. The SMILES string of the molecule is CCOCCCNC(=S)N(CC)Cc1ccco1. The van der Waals surface area contributed by atoms with Crippen LogP contribution in [0.25, 0.3) is 0 Å². The molecule has 0 saturated heterocycles. The second kappa shape index (κ2) is 8.94. The Hall–Kier alpha value is -1.07. The van der Waals surface area contributed by atoms with E-state index >= 15 is 0 Å². The molecule has 1 aromatic rings. The van der Waals surface area contributed by atoms with Gasteiger partial charge in [-0.3, -0.25) is 0 Å². The number of thiocarbonyl (C=S) groups is 1. The van der Waals surface area contributed by atoms with Gasteiger partial charge in [0.05, 0.1) is 12.8 Å². The van der Waals surface area contributed by atoms with E-state index < -0.39 is 0 Å². The maximum absolute atomic E-state index is 5.36. The molecule has 0 fully saturated rings. The van der Waals surface area contributed by atoms with Crippen molar-refractivity contribution in [2.45, 2.75) is 26.8 Å². The van der Waals surface area contributed by atoms with Crippen LogP contribution in [0.1, 0.15) is 26.0 Å². The van der Waals surface area contributed by atoms with Crippen molar-refractivity contribution in [3.63, 3.8) is 0 Å². The first-order valence-electron chi connectivity index (χ1n) is 6.40. The summed E-state index contributed by atoms with van der Waals surface area (Å²) in [5.74, 6) is 0.926. The number of furan rings is 1. The van der Waals surface area contributed by atoms with Gasteiger partial charge in [0.25, 0.3) is 0 Å². The van der Waals surface area contributed by atoms with E-state index in [1.54, 1.807) is 6.26 Å². The summed E-state index contributed by atoms with van der Waals surface area (Å²) in [6, 6.07) is 3.85. The average molecular weight is 270 g/mol. The Balaban J connectivity index is 2.24. The summed E-state index contributed by atoms with van der Waals surface area (Å²) >= 11 is 5.36. The maximum atomic E-state index is 5.36. The minimum Gasteiger partial charge on any atom is -0.467 e. The fourth-order valence-electron chi connectivity index (χ4n) is 1.54. The number of ether oxygens (including phenoxy) is 1. The zero-order valence-electron chi connectivity index (χ0n) is 11.1. The van der Waals surface area contributed by atoms with Crippen molar-refractivity contribution < 1.29 is 9.15 Å². The molecule has 0 spiro atoms. The largest absolute Gasteiger partial charge is 0.467 e. The molecular formula is C13H22N2O2S. The standard InChI is InChI=1S/C13H22N2O2S/c1-3-15(11-12-7-5-10-17-12)13(18)14-8-6-9-16-4-2/h5,7,10H,3-4,6,8-9,11H2,1-2H3,(H,14,18). The summed E-state index contributed by atoms with van der Waals surface area (Å²) < 4.78 is 10.6. The predicted molar refractivity (Wildman–Crippen MR) is 76.5 cm³/mol. The minimum absolute atomic E-state index is 0.709. The van der Waals surface area contributed by atoms with Crippen LogP contribution in [-0.4, -0.2) is 36.3 Å². The molecule has 102 valence electrons. The first kappa shape index (κ1) is 15.0. The summed E-state index contributed by atoms with van der Waals surface area (Å²) in [6.45, 7) is 8.03. The van der Waals surface area contributed by atoms with Crippen molar-refractivity contribution in [3.8, 4) is 0 Å². The first-order valence-corrected chi connectivity index (χ1v) is 6.81. The molecule has 0 bridgehead atoms. The molecule has 0 amide bonds. The van der Waals surface area contributed by atoms with Crippen LogP contribution in [-0.2, 0) is 11.3 Å². The van der Waals surface area contributed by atoms with Crippen molar-refractivity contribution in [2.75, 3.05) is 26.3 Å². The molecular weight excluding hydrogens is 248 g/mol. The number of nitrogens with zero attached hydrogens (tertiary/aromatic N) is 1. The van der Waals surface area contributed by atoms with E-state index in [1.165, 1.54) is 0 Å². The van der Waals surface area contributed by atoms with E-state index in [4.69, 9.17) is 21.4 Å². The molecule has 0 saturated carbocycles. The number of rotatable bonds is 8. The molecule has 5 heteroatoms. The van der Waals surface area contributed by atoms with Crippen molar-refractivity contribution >= 4 is 17.3 Å². The van der Waals surface area contributed by atoms with Gasteiger partial charge in [-0.1, -0.05) is 0 Å². The second-order valence-corrected chi connectivity index (χ2v) is 4.26. The van der Waals surface area contributed by atoms with Crippen molar-refractivity contribution in [3.05, 3.63) is 24.2 Å². The quantitative estimate of drug-likeness (QED) is 0.580. The molecule has 4 nitrogen and oxygen atoms in total. The molecule has 1 rings (SSSR count). The smallest absolute Gasteiger partial charge is 0.169 e. The molecule has 0 radical (unpaired) electrons. The monoisotopic (exact) mass is 270 g/mol. The van der Waals surface area contributed by atoms with Crippen LogP contribution >= 0.6 is 12.2 Å². The third kappa shape index (κ3) is 5.51. The molecule has 0 aliphatic rings. The fraction of sp³-hybridized carbons (Fsp3) is 0.615. The maximum Gasteiger partial charge on any atom is 0.169 e. The molecule has 1 N–H and O–H groups in total.